The molecule has 2 aromatic rings. The number of aryl methyl sites for hydroxylation is 2. The van der Waals surface area contributed by atoms with E-state index in [-0.39, 0.29) is 0 Å². The van der Waals surface area contributed by atoms with Crippen molar-refractivity contribution >= 4 is 23.2 Å². The van der Waals surface area contributed by atoms with Gasteiger partial charge in [-0.15, -0.1) is 0 Å². The van der Waals surface area contributed by atoms with Crippen LogP contribution >= 0.6 is 23.2 Å². The van der Waals surface area contributed by atoms with E-state index in [1.807, 2.05) is 12.1 Å². The third-order valence-corrected chi connectivity index (χ3v) is 3.91. The van der Waals surface area contributed by atoms with E-state index in [1.54, 1.807) is 12.1 Å². The van der Waals surface area contributed by atoms with Crippen LogP contribution in [0, 0.1) is 6.92 Å². The molecule has 0 bridgehead atoms. The number of halogens is 2. The van der Waals surface area contributed by atoms with Crippen LogP contribution in [0.1, 0.15) is 23.1 Å². The van der Waals surface area contributed by atoms with Gasteiger partial charge in [-0.3, -0.25) is 0 Å². The maximum atomic E-state index is 10.1. The van der Waals surface area contributed by atoms with Gasteiger partial charge in [0.2, 0.25) is 0 Å². The van der Waals surface area contributed by atoms with Crippen molar-refractivity contribution in [1.29, 1.82) is 0 Å². The highest BCUT2D eigenvalue weighted by molar-refractivity contribution is 6.35. The first kappa shape index (κ1) is 15.4. The largest absolute Gasteiger partial charge is 0.393 e. The fourth-order valence-corrected chi connectivity index (χ4v) is 2.73. The lowest BCUT2D eigenvalue weighted by molar-refractivity contribution is 0.165. The average molecular weight is 309 g/mol. The molecule has 0 aliphatic heterocycles. The van der Waals surface area contributed by atoms with Crippen LogP contribution in [0.4, 0.5) is 0 Å². The van der Waals surface area contributed by atoms with Crippen molar-refractivity contribution in [1.82, 2.24) is 0 Å². The Labute approximate surface area is 130 Å². The van der Waals surface area contributed by atoms with Crippen LogP contribution in [0.25, 0.3) is 0 Å². The molecule has 0 aliphatic rings. The predicted octanol–water partition coefficient (Wildman–Crippen LogP) is 4.84. The number of hydrogen-bond acceptors (Lipinski definition) is 1. The molecule has 0 amide bonds. The van der Waals surface area contributed by atoms with Crippen molar-refractivity contribution in [2.75, 3.05) is 0 Å². The Kier molecular flexibility index (Phi) is 5.47. The average Bonchev–Trinajstić information content (AvgIpc) is 2.40. The Hall–Kier alpha value is -1.02. The van der Waals surface area contributed by atoms with E-state index in [1.165, 1.54) is 11.1 Å². The van der Waals surface area contributed by atoms with E-state index in [0.29, 0.717) is 16.5 Å². The molecule has 0 saturated heterocycles. The van der Waals surface area contributed by atoms with Crippen LogP contribution in [-0.2, 0) is 12.8 Å². The summed E-state index contributed by atoms with van der Waals surface area (Å²) in [6.45, 7) is 2.08. The van der Waals surface area contributed by atoms with Crippen LogP contribution in [0.5, 0.6) is 0 Å². The summed E-state index contributed by atoms with van der Waals surface area (Å²) in [5.74, 6) is 0. The lowest BCUT2D eigenvalue weighted by Crippen LogP contribution is -2.12. The van der Waals surface area contributed by atoms with Gasteiger partial charge in [-0.2, -0.15) is 0 Å². The van der Waals surface area contributed by atoms with E-state index in [4.69, 9.17) is 23.2 Å². The highest BCUT2D eigenvalue weighted by Crippen LogP contribution is 2.23. The van der Waals surface area contributed by atoms with Gasteiger partial charge in [0.1, 0.15) is 0 Å². The zero-order chi connectivity index (χ0) is 14.5. The molecule has 0 heterocycles. The van der Waals surface area contributed by atoms with Crippen molar-refractivity contribution in [3.8, 4) is 0 Å². The van der Waals surface area contributed by atoms with Gasteiger partial charge in [0.05, 0.1) is 6.10 Å². The lowest BCUT2D eigenvalue weighted by Gasteiger charge is -2.12. The van der Waals surface area contributed by atoms with Crippen molar-refractivity contribution in [2.24, 2.45) is 0 Å². The Morgan fingerprint density at radius 2 is 1.90 bits per heavy atom. The number of benzene rings is 2. The maximum Gasteiger partial charge on any atom is 0.0584 e. The van der Waals surface area contributed by atoms with Gasteiger partial charge < -0.3 is 5.11 Å². The molecule has 106 valence electrons. The number of rotatable bonds is 5. The van der Waals surface area contributed by atoms with Crippen LogP contribution in [0.3, 0.4) is 0 Å². The molecule has 0 radical (unpaired) electrons. The first-order valence-corrected chi connectivity index (χ1v) is 7.48. The van der Waals surface area contributed by atoms with Crippen molar-refractivity contribution in [3.63, 3.8) is 0 Å². The quantitative estimate of drug-likeness (QED) is 0.838. The first-order valence-electron chi connectivity index (χ1n) is 6.72. The monoisotopic (exact) mass is 308 g/mol. The second-order valence-corrected chi connectivity index (χ2v) is 5.97. The number of aliphatic hydroxyl groups is 1. The van der Waals surface area contributed by atoms with Crippen LogP contribution in [0.15, 0.2) is 42.5 Å². The first-order chi connectivity index (χ1) is 9.54. The minimum atomic E-state index is -0.394. The fraction of sp³-hybridized carbons (Fsp3) is 0.294. The van der Waals surface area contributed by atoms with Crippen molar-refractivity contribution < 1.29 is 5.11 Å². The third-order valence-electron chi connectivity index (χ3n) is 3.32. The summed E-state index contributed by atoms with van der Waals surface area (Å²) in [6.07, 6.45) is 1.76. The molecular weight excluding hydrogens is 291 g/mol. The molecule has 0 fully saturated rings. The van der Waals surface area contributed by atoms with Crippen molar-refractivity contribution in [3.05, 3.63) is 69.2 Å². The molecule has 1 nitrogen and oxygen atoms in total. The summed E-state index contributed by atoms with van der Waals surface area (Å²) in [7, 11) is 0. The summed E-state index contributed by atoms with van der Waals surface area (Å²) < 4.78 is 0. The molecule has 0 spiro atoms. The van der Waals surface area contributed by atoms with E-state index in [9.17, 15) is 5.11 Å². The second-order valence-electron chi connectivity index (χ2n) is 5.12. The SMILES string of the molecule is Cc1cccc(CCC(O)Cc2ccc(Cl)cc2Cl)c1. The van der Waals surface area contributed by atoms with E-state index < -0.39 is 6.10 Å². The highest BCUT2D eigenvalue weighted by Gasteiger charge is 2.09. The molecule has 1 atom stereocenters. The molecule has 2 rings (SSSR count). The maximum absolute atomic E-state index is 10.1. The molecule has 0 saturated carbocycles. The lowest BCUT2D eigenvalue weighted by atomic mass is 10.0. The highest BCUT2D eigenvalue weighted by atomic mass is 35.5. The second kappa shape index (κ2) is 7.12. The summed E-state index contributed by atoms with van der Waals surface area (Å²) >= 11 is 12.0. The van der Waals surface area contributed by atoms with Crippen molar-refractivity contribution in [2.45, 2.75) is 32.3 Å². The summed E-state index contributed by atoms with van der Waals surface area (Å²) in [5.41, 5.74) is 3.44. The topological polar surface area (TPSA) is 20.2 Å². The van der Waals surface area contributed by atoms with E-state index in [2.05, 4.69) is 25.1 Å². The van der Waals surface area contributed by atoms with Gasteiger partial charge in [-0.05, 0) is 49.4 Å². The number of hydrogen-bond donors (Lipinski definition) is 1. The van der Waals surface area contributed by atoms with Gasteiger partial charge in [0.25, 0.3) is 0 Å². The zero-order valence-electron chi connectivity index (χ0n) is 11.4. The molecule has 1 unspecified atom stereocenters. The molecule has 0 aliphatic carbocycles. The van der Waals surface area contributed by atoms with Crippen LogP contribution < -0.4 is 0 Å². The predicted molar refractivity (Wildman–Crippen MR) is 85.7 cm³/mol. The summed E-state index contributed by atoms with van der Waals surface area (Å²) in [6, 6.07) is 13.8. The van der Waals surface area contributed by atoms with Crippen LogP contribution in [-0.4, -0.2) is 11.2 Å². The molecule has 1 N–H and O–H groups in total. The molecule has 20 heavy (non-hydrogen) atoms. The van der Waals surface area contributed by atoms with Crippen LogP contribution in [0.2, 0.25) is 10.0 Å². The fourth-order valence-electron chi connectivity index (χ4n) is 2.24. The van der Waals surface area contributed by atoms with Gasteiger partial charge >= 0.3 is 0 Å². The Balaban J connectivity index is 1.90. The summed E-state index contributed by atoms with van der Waals surface area (Å²) in [4.78, 5) is 0. The third kappa shape index (κ3) is 4.52. The zero-order valence-corrected chi connectivity index (χ0v) is 13.0. The van der Waals surface area contributed by atoms with Gasteiger partial charge in [-0.25, -0.2) is 0 Å². The summed E-state index contributed by atoms with van der Waals surface area (Å²) in [5, 5.41) is 11.4. The normalized spacial score (nSPS) is 12.4. The van der Waals surface area contributed by atoms with Gasteiger partial charge in [0, 0.05) is 10.0 Å². The minimum absolute atomic E-state index is 0.394. The molecule has 3 heteroatoms. The molecule has 0 aromatic heterocycles. The smallest absolute Gasteiger partial charge is 0.0584 e. The Bertz CT molecular complexity index is 581. The number of aliphatic hydroxyl groups excluding tert-OH is 1. The minimum Gasteiger partial charge on any atom is -0.393 e. The van der Waals surface area contributed by atoms with E-state index in [0.717, 1.165) is 18.4 Å². The Morgan fingerprint density at radius 3 is 2.60 bits per heavy atom. The Morgan fingerprint density at radius 1 is 1.10 bits per heavy atom. The van der Waals surface area contributed by atoms with Gasteiger partial charge in [0.15, 0.2) is 0 Å². The molecule has 2 aromatic carbocycles. The standard InChI is InChI=1S/C17H18Cl2O/c1-12-3-2-4-13(9-12)5-8-16(20)10-14-6-7-15(18)11-17(14)19/h2-4,6-7,9,11,16,20H,5,8,10H2,1H3. The van der Waals surface area contributed by atoms with E-state index >= 15 is 0 Å². The molecular formula is C17H18Cl2O. The van der Waals surface area contributed by atoms with Gasteiger partial charge in [-0.1, -0.05) is 59.1 Å².